The Morgan fingerprint density at radius 2 is 2.05 bits per heavy atom. The normalized spacial score (nSPS) is 11.6. The van der Waals surface area contributed by atoms with Crippen molar-refractivity contribution in [2.75, 3.05) is 26.8 Å². The van der Waals surface area contributed by atoms with E-state index in [1.165, 1.54) is 6.07 Å². The third kappa shape index (κ3) is 7.21. The predicted molar refractivity (Wildman–Crippen MR) is 82.4 cm³/mol. The number of nitrogens with zero attached hydrogens (tertiary/aromatic N) is 1. The molecule has 22 heavy (non-hydrogen) atoms. The number of halogens is 2. The van der Waals surface area contributed by atoms with Gasteiger partial charge in [0, 0.05) is 38.9 Å². The van der Waals surface area contributed by atoms with Crippen molar-refractivity contribution < 1.29 is 18.3 Å². The van der Waals surface area contributed by atoms with Crippen molar-refractivity contribution in [2.24, 2.45) is 4.99 Å². The van der Waals surface area contributed by atoms with Crippen molar-refractivity contribution in [1.82, 2.24) is 10.6 Å². The molecule has 0 aliphatic carbocycles. The van der Waals surface area contributed by atoms with Gasteiger partial charge < -0.3 is 20.1 Å². The van der Waals surface area contributed by atoms with Crippen molar-refractivity contribution in [3.8, 4) is 5.75 Å². The maximum atomic E-state index is 12.3. The third-order valence-corrected chi connectivity index (χ3v) is 2.82. The number of ether oxygens (including phenoxy) is 2. The topological polar surface area (TPSA) is 54.9 Å². The molecule has 1 rings (SSSR count). The van der Waals surface area contributed by atoms with Crippen LogP contribution in [0.4, 0.5) is 8.78 Å². The molecule has 0 aliphatic rings. The fourth-order valence-corrected chi connectivity index (χ4v) is 1.79. The Balaban J connectivity index is 2.43. The molecule has 0 atom stereocenters. The molecule has 0 spiro atoms. The van der Waals surface area contributed by atoms with Gasteiger partial charge in [-0.05, 0) is 19.4 Å². The number of hydrogen-bond donors (Lipinski definition) is 2. The number of para-hydroxylation sites is 1. The molecule has 0 unspecified atom stereocenters. The number of hydrogen-bond acceptors (Lipinski definition) is 3. The van der Waals surface area contributed by atoms with Crippen molar-refractivity contribution in [1.29, 1.82) is 0 Å². The second kappa shape index (κ2) is 10.8. The first-order chi connectivity index (χ1) is 10.7. The molecule has 0 radical (unpaired) electrons. The summed E-state index contributed by atoms with van der Waals surface area (Å²) in [6, 6.07) is 6.67. The molecule has 0 aliphatic heterocycles. The van der Waals surface area contributed by atoms with Crippen LogP contribution >= 0.6 is 0 Å². The highest BCUT2D eigenvalue weighted by Crippen LogP contribution is 2.19. The van der Waals surface area contributed by atoms with Crippen molar-refractivity contribution in [3.63, 3.8) is 0 Å². The molecular formula is C15H23F2N3O2. The van der Waals surface area contributed by atoms with Gasteiger partial charge >= 0.3 is 6.61 Å². The average molecular weight is 315 g/mol. The maximum Gasteiger partial charge on any atom is 0.387 e. The number of alkyl halides is 2. The van der Waals surface area contributed by atoms with Gasteiger partial charge in [0.05, 0.1) is 0 Å². The monoisotopic (exact) mass is 315 g/mol. The molecule has 2 N–H and O–H groups in total. The second-order valence-electron chi connectivity index (χ2n) is 4.39. The van der Waals surface area contributed by atoms with Gasteiger partial charge in [-0.3, -0.25) is 4.99 Å². The van der Waals surface area contributed by atoms with Gasteiger partial charge in [-0.25, -0.2) is 0 Å². The van der Waals surface area contributed by atoms with Crippen LogP contribution in [0.25, 0.3) is 0 Å². The summed E-state index contributed by atoms with van der Waals surface area (Å²) in [5.74, 6) is 0.764. The quantitative estimate of drug-likeness (QED) is 0.417. The highest BCUT2D eigenvalue weighted by atomic mass is 19.3. The molecule has 0 fully saturated rings. The van der Waals surface area contributed by atoms with Crippen molar-refractivity contribution >= 4 is 5.96 Å². The standard InChI is InChI=1S/C15H23F2N3O2/c1-3-21-10-6-9-19-15(18-2)20-11-12-7-4-5-8-13(12)22-14(16)17/h4-5,7-8,14H,3,6,9-11H2,1-2H3,(H2,18,19,20). The Kier molecular flexibility index (Phi) is 8.90. The highest BCUT2D eigenvalue weighted by molar-refractivity contribution is 5.79. The lowest BCUT2D eigenvalue weighted by Gasteiger charge is -2.14. The summed E-state index contributed by atoms with van der Waals surface area (Å²) in [5.41, 5.74) is 0.639. The van der Waals surface area contributed by atoms with Crippen LogP contribution in [0.3, 0.4) is 0 Å². The van der Waals surface area contributed by atoms with E-state index in [2.05, 4.69) is 20.4 Å². The van der Waals surface area contributed by atoms with Crippen LogP contribution in [-0.4, -0.2) is 39.4 Å². The first kappa shape index (κ1) is 18.2. The zero-order valence-corrected chi connectivity index (χ0v) is 12.9. The maximum absolute atomic E-state index is 12.3. The first-order valence-corrected chi connectivity index (χ1v) is 7.22. The largest absolute Gasteiger partial charge is 0.434 e. The summed E-state index contributed by atoms with van der Waals surface area (Å²) in [4.78, 5) is 4.08. The van der Waals surface area contributed by atoms with Crippen LogP contribution in [-0.2, 0) is 11.3 Å². The molecular weight excluding hydrogens is 292 g/mol. The van der Waals surface area contributed by atoms with Crippen LogP contribution in [0.15, 0.2) is 29.3 Å². The minimum Gasteiger partial charge on any atom is -0.434 e. The van der Waals surface area contributed by atoms with Gasteiger partial charge in [0.1, 0.15) is 5.75 Å². The zero-order valence-electron chi connectivity index (χ0n) is 12.9. The lowest BCUT2D eigenvalue weighted by atomic mass is 10.2. The Bertz CT molecular complexity index is 456. The second-order valence-corrected chi connectivity index (χ2v) is 4.39. The highest BCUT2D eigenvalue weighted by Gasteiger charge is 2.09. The van der Waals surface area contributed by atoms with E-state index in [1.54, 1.807) is 25.2 Å². The summed E-state index contributed by atoms with van der Waals surface area (Å²) in [7, 11) is 1.65. The SMILES string of the molecule is CCOCCCNC(=NC)NCc1ccccc1OC(F)F. The summed E-state index contributed by atoms with van der Waals surface area (Å²) < 4.78 is 34.4. The fraction of sp³-hybridized carbons (Fsp3) is 0.533. The van der Waals surface area contributed by atoms with Crippen LogP contribution in [0.1, 0.15) is 18.9 Å². The van der Waals surface area contributed by atoms with Crippen molar-refractivity contribution in [2.45, 2.75) is 26.5 Å². The van der Waals surface area contributed by atoms with E-state index in [1.807, 2.05) is 6.92 Å². The third-order valence-electron chi connectivity index (χ3n) is 2.82. The lowest BCUT2D eigenvalue weighted by molar-refractivity contribution is -0.0504. The molecule has 0 heterocycles. The van der Waals surface area contributed by atoms with Gasteiger partial charge in [0.15, 0.2) is 5.96 Å². The Hall–Kier alpha value is -1.89. The molecule has 0 saturated carbocycles. The predicted octanol–water partition coefficient (Wildman–Crippen LogP) is 2.38. The van der Waals surface area contributed by atoms with Gasteiger partial charge in [-0.15, -0.1) is 0 Å². The van der Waals surface area contributed by atoms with Crippen LogP contribution in [0, 0.1) is 0 Å². The van der Waals surface area contributed by atoms with Crippen LogP contribution in [0.2, 0.25) is 0 Å². The molecule has 124 valence electrons. The smallest absolute Gasteiger partial charge is 0.387 e. The Morgan fingerprint density at radius 1 is 1.27 bits per heavy atom. The first-order valence-electron chi connectivity index (χ1n) is 7.22. The van der Waals surface area contributed by atoms with E-state index in [0.717, 1.165) is 13.0 Å². The fourth-order valence-electron chi connectivity index (χ4n) is 1.79. The minimum absolute atomic E-state index is 0.164. The summed E-state index contributed by atoms with van der Waals surface area (Å²) in [6.07, 6.45) is 0.861. The van der Waals surface area contributed by atoms with Crippen LogP contribution in [0.5, 0.6) is 5.75 Å². The van der Waals surface area contributed by atoms with E-state index in [0.29, 0.717) is 31.3 Å². The molecule has 1 aromatic carbocycles. The Labute approximate surface area is 129 Å². The van der Waals surface area contributed by atoms with Gasteiger partial charge in [-0.1, -0.05) is 18.2 Å². The number of nitrogens with one attached hydrogen (secondary N) is 2. The number of benzene rings is 1. The molecule has 5 nitrogen and oxygen atoms in total. The number of rotatable bonds is 9. The summed E-state index contributed by atoms with van der Waals surface area (Å²) in [6.45, 7) is 1.56. The number of guanidine groups is 1. The summed E-state index contributed by atoms with van der Waals surface area (Å²) in [5, 5.41) is 6.19. The van der Waals surface area contributed by atoms with Gasteiger partial charge in [0.25, 0.3) is 0 Å². The number of aliphatic imine (C=N–C) groups is 1. The zero-order chi connectivity index (χ0) is 16.2. The molecule has 1 aromatic rings. The van der Waals surface area contributed by atoms with E-state index in [4.69, 9.17) is 4.74 Å². The molecule has 0 saturated heterocycles. The summed E-state index contributed by atoms with van der Waals surface area (Å²) >= 11 is 0. The van der Waals surface area contributed by atoms with Crippen LogP contribution < -0.4 is 15.4 Å². The molecule has 0 amide bonds. The minimum atomic E-state index is -2.84. The van der Waals surface area contributed by atoms with E-state index in [-0.39, 0.29) is 5.75 Å². The van der Waals surface area contributed by atoms with E-state index >= 15 is 0 Å². The molecule has 7 heteroatoms. The Morgan fingerprint density at radius 3 is 2.73 bits per heavy atom. The lowest BCUT2D eigenvalue weighted by Crippen LogP contribution is -2.37. The van der Waals surface area contributed by atoms with E-state index < -0.39 is 6.61 Å². The van der Waals surface area contributed by atoms with Gasteiger partial charge in [-0.2, -0.15) is 8.78 Å². The van der Waals surface area contributed by atoms with Crippen molar-refractivity contribution in [3.05, 3.63) is 29.8 Å². The van der Waals surface area contributed by atoms with E-state index in [9.17, 15) is 8.78 Å². The average Bonchev–Trinajstić information content (AvgIpc) is 2.51. The molecule has 0 aromatic heterocycles. The molecule has 0 bridgehead atoms. The van der Waals surface area contributed by atoms with Gasteiger partial charge in [0.2, 0.25) is 0 Å².